The van der Waals surface area contributed by atoms with Crippen molar-refractivity contribution in [2.45, 2.75) is 13.0 Å². The average Bonchev–Trinajstić information content (AvgIpc) is 3.53. The van der Waals surface area contributed by atoms with Gasteiger partial charge in [-0.25, -0.2) is 4.98 Å². The predicted octanol–water partition coefficient (Wildman–Crippen LogP) is 2.77. The molecule has 0 spiro atoms. The maximum atomic E-state index is 12.9. The van der Waals surface area contributed by atoms with Crippen molar-refractivity contribution in [3.05, 3.63) is 76.9 Å². The molecule has 3 aromatic heterocycles. The van der Waals surface area contributed by atoms with Gasteiger partial charge in [-0.2, -0.15) is 9.90 Å². The van der Waals surface area contributed by atoms with Crippen molar-refractivity contribution in [1.29, 1.82) is 0 Å². The van der Waals surface area contributed by atoms with Gasteiger partial charge in [-0.05, 0) is 18.2 Å². The molecule has 10 heteroatoms. The summed E-state index contributed by atoms with van der Waals surface area (Å²) in [5.74, 6) is -0.458. The number of aromatic nitrogens is 4. The SMILES string of the molecule is O=C(Nc1nc2c(s1)CN(C(=O)c1cnn(-c3ccccc3)n1)CC2)c1ccoc1. The number of carbonyl (C=O) groups is 2. The minimum Gasteiger partial charge on any atom is -0.472 e. The maximum absolute atomic E-state index is 12.9. The van der Waals surface area contributed by atoms with Gasteiger partial charge in [0.15, 0.2) is 10.8 Å². The molecule has 0 bridgehead atoms. The van der Waals surface area contributed by atoms with E-state index in [1.165, 1.54) is 34.9 Å². The highest BCUT2D eigenvalue weighted by atomic mass is 32.1. The molecule has 0 aliphatic carbocycles. The van der Waals surface area contributed by atoms with Crippen molar-refractivity contribution >= 4 is 28.3 Å². The summed E-state index contributed by atoms with van der Waals surface area (Å²) in [7, 11) is 0. The molecule has 1 aromatic carbocycles. The Hall–Kier alpha value is -3.79. The van der Waals surface area contributed by atoms with Gasteiger partial charge in [-0.3, -0.25) is 14.9 Å². The molecule has 0 unspecified atom stereocenters. The Kier molecular flexibility index (Phi) is 4.60. The number of para-hydroxylation sites is 1. The Morgan fingerprint density at radius 3 is 2.83 bits per heavy atom. The van der Waals surface area contributed by atoms with Gasteiger partial charge in [-0.1, -0.05) is 29.5 Å². The summed E-state index contributed by atoms with van der Waals surface area (Å²) in [6, 6.07) is 11.0. The first-order valence-corrected chi connectivity index (χ1v) is 10.1. The second kappa shape index (κ2) is 7.56. The molecule has 4 aromatic rings. The molecule has 0 radical (unpaired) electrons. The van der Waals surface area contributed by atoms with Crippen LogP contribution in [0.15, 0.2) is 59.5 Å². The Labute approximate surface area is 175 Å². The van der Waals surface area contributed by atoms with Crippen LogP contribution in [0, 0.1) is 0 Å². The lowest BCUT2D eigenvalue weighted by molar-refractivity contribution is 0.0729. The second-order valence-corrected chi connectivity index (χ2v) is 7.77. The number of benzene rings is 1. The van der Waals surface area contributed by atoms with Gasteiger partial charge in [0, 0.05) is 17.8 Å². The molecular formula is C20H16N6O3S. The molecule has 0 saturated heterocycles. The number of rotatable bonds is 4. The van der Waals surface area contributed by atoms with Crippen molar-refractivity contribution in [2.24, 2.45) is 0 Å². The van der Waals surface area contributed by atoms with E-state index in [2.05, 4.69) is 20.5 Å². The maximum Gasteiger partial charge on any atom is 0.276 e. The lowest BCUT2D eigenvalue weighted by Crippen LogP contribution is -2.35. The molecule has 1 aliphatic heterocycles. The van der Waals surface area contributed by atoms with Crippen molar-refractivity contribution in [3.8, 4) is 5.69 Å². The van der Waals surface area contributed by atoms with Crippen LogP contribution in [-0.2, 0) is 13.0 Å². The standard InChI is InChI=1S/C20H16N6O3S/c27-18(13-7-9-29-12-13)23-20-22-15-6-8-25(11-17(15)30-20)19(28)16-10-21-26(24-16)14-4-2-1-3-5-14/h1-5,7,9-10,12H,6,8,11H2,(H,22,23,27). The second-order valence-electron chi connectivity index (χ2n) is 6.69. The van der Waals surface area contributed by atoms with Gasteiger partial charge in [0.1, 0.15) is 6.26 Å². The summed E-state index contributed by atoms with van der Waals surface area (Å²) >= 11 is 1.37. The normalized spacial score (nSPS) is 13.1. The summed E-state index contributed by atoms with van der Waals surface area (Å²) in [6.07, 6.45) is 4.92. The molecule has 1 N–H and O–H groups in total. The zero-order valence-electron chi connectivity index (χ0n) is 15.7. The van der Waals surface area contributed by atoms with Crippen LogP contribution in [0.2, 0.25) is 0 Å². The quantitative estimate of drug-likeness (QED) is 0.544. The van der Waals surface area contributed by atoms with Crippen LogP contribution in [0.3, 0.4) is 0 Å². The molecule has 0 fully saturated rings. The van der Waals surface area contributed by atoms with E-state index in [0.29, 0.717) is 35.9 Å². The third kappa shape index (κ3) is 3.48. The Morgan fingerprint density at radius 2 is 2.03 bits per heavy atom. The average molecular weight is 420 g/mol. The molecule has 30 heavy (non-hydrogen) atoms. The summed E-state index contributed by atoms with van der Waals surface area (Å²) in [5, 5.41) is 11.8. The van der Waals surface area contributed by atoms with E-state index in [-0.39, 0.29) is 11.8 Å². The number of furan rings is 1. The van der Waals surface area contributed by atoms with E-state index in [0.717, 1.165) is 16.3 Å². The third-order valence-electron chi connectivity index (χ3n) is 4.72. The van der Waals surface area contributed by atoms with Crippen LogP contribution >= 0.6 is 11.3 Å². The summed E-state index contributed by atoms with van der Waals surface area (Å²) in [4.78, 5) is 33.7. The molecule has 1 aliphatic rings. The van der Waals surface area contributed by atoms with E-state index in [1.54, 1.807) is 11.0 Å². The fraction of sp³-hybridized carbons (Fsp3) is 0.150. The van der Waals surface area contributed by atoms with Gasteiger partial charge in [-0.15, -0.1) is 5.10 Å². The first-order chi connectivity index (χ1) is 14.7. The van der Waals surface area contributed by atoms with Crippen LogP contribution in [0.4, 0.5) is 5.13 Å². The lowest BCUT2D eigenvalue weighted by atomic mass is 10.1. The number of nitrogens with zero attached hydrogens (tertiary/aromatic N) is 5. The fourth-order valence-electron chi connectivity index (χ4n) is 3.19. The first kappa shape index (κ1) is 18.3. The summed E-state index contributed by atoms with van der Waals surface area (Å²) in [6.45, 7) is 0.953. The minimum atomic E-state index is -0.277. The highest BCUT2D eigenvalue weighted by Crippen LogP contribution is 2.29. The molecule has 2 amide bonds. The van der Waals surface area contributed by atoms with Gasteiger partial charge in [0.05, 0.1) is 35.9 Å². The van der Waals surface area contributed by atoms with Crippen molar-refractivity contribution in [2.75, 3.05) is 11.9 Å². The fourth-order valence-corrected chi connectivity index (χ4v) is 4.21. The third-order valence-corrected chi connectivity index (χ3v) is 5.72. The number of nitrogens with one attached hydrogen (secondary N) is 1. The van der Waals surface area contributed by atoms with E-state index in [9.17, 15) is 9.59 Å². The van der Waals surface area contributed by atoms with E-state index < -0.39 is 0 Å². The summed E-state index contributed by atoms with van der Waals surface area (Å²) < 4.78 is 4.93. The minimum absolute atomic E-state index is 0.180. The molecule has 150 valence electrons. The summed E-state index contributed by atoms with van der Waals surface area (Å²) in [5.41, 5.74) is 2.42. The van der Waals surface area contributed by atoms with Crippen LogP contribution in [0.1, 0.15) is 31.4 Å². The smallest absolute Gasteiger partial charge is 0.276 e. The Balaban J connectivity index is 1.29. The predicted molar refractivity (Wildman–Crippen MR) is 109 cm³/mol. The Bertz CT molecular complexity index is 1200. The largest absolute Gasteiger partial charge is 0.472 e. The first-order valence-electron chi connectivity index (χ1n) is 9.26. The number of amides is 2. The number of hydrogen-bond acceptors (Lipinski definition) is 7. The van der Waals surface area contributed by atoms with Crippen molar-refractivity contribution in [1.82, 2.24) is 24.9 Å². The van der Waals surface area contributed by atoms with E-state index in [4.69, 9.17) is 4.42 Å². The molecular weight excluding hydrogens is 404 g/mol. The van der Waals surface area contributed by atoms with Gasteiger partial charge >= 0.3 is 0 Å². The van der Waals surface area contributed by atoms with Crippen molar-refractivity contribution < 1.29 is 14.0 Å². The molecule has 9 nitrogen and oxygen atoms in total. The van der Waals surface area contributed by atoms with Crippen LogP contribution in [0.25, 0.3) is 5.69 Å². The number of thiazole rings is 1. The highest BCUT2D eigenvalue weighted by molar-refractivity contribution is 7.15. The number of carbonyl (C=O) groups excluding carboxylic acids is 2. The van der Waals surface area contributed by atoms with Gasteiger partial charge in [0.2, 0.25) is 0 Å². The van der Waals surface area contributed by atoms with Gasteiger partial charge < -0.3 is 9.32 Å². The molecule has 0 atom stereocenters. The number of anilines is 1. The van der Waals surface area contributed by atoms with Crippen molar-refractivity contribution in [3.63, 3.8) is 0 Å². The van der Waals surface area contributed by atoms with Crippen LogP contribution in [-0.4, -0.2) is 43.2 Å². The monoisotopic (exact) mass is 420 g/mol. The topological polar surface area (TPSA) is 106 Å². The van der Waals surface area contributed by atoms with E-state index >= 15 is 0 Å². The number of hydrogen-bond donors (Lipinski definition) is 1. The van der Waals surface area contributed by atoms with E-state index in [1.807, 2.05) is 30.3 Å². The molecule has 5 rings (SSSR count). The number of fused-ring (bicyclic) bond motifs is 1. The zero-order valence-corrected chi connectivity index (χ0v) is 16.5. The van der Waals surface area contributed by atoms with Crippen LogP contribution < -0.4 is 5.32 Å². The highest BCUT2D eigenvalue weighted by Gasteiger charge is 2.27. The van der Waals surface area contributed by atoms with Gasteiger partial charge in [0.25, 0.3) is 11.8 Å². The van der Waals surface area contributed by atoms with Crippen LogP contribution in [0.5, 0.6) is 0 Å². The Morgan fingerprint density at radius 1 is 1.17 bits per heavy atom. The molecule has 4 heterocycles. The molecule has 0 saturated carbocycles. The lowest BCUT2D eigenvalue weighted by Gasteiger charge is -2.25. The zero-order chi connectivity index (χ0) is 20.5.